The van der Waals surface area contributed by atoms with E-state index in [1.165, 1.54) is 18.2 Å². The molecule has 1 aliphatic rings. The third-order valence-electron chi connectivity index (χ3n) is 4.39. The number of methoxy groups -OCH3 is 1. The van der Waals surface area contributed by atoms with Crippen molar-refractivity contribution in [1.82, 2.24) is 10.4 Å². The highest BCUT2D eigenvalue weighted by Crippen LogP contribution is 2.41. The number of amides is 3. The number of anilines is 1. The van der Waals surface area contributed by atoms with Gasteiger partial charge < -0.3 is 14.2 Å². The summed E-state index contributed by atoms with van der Waals surface area (Å²) in [5, 5.41) is 0.357. The second kappa shape index (κ2) is 9.92. The Morgan fingerprint density at radius 1 is 1.06 bits per heavy atom. The third-order valence-corrected chi connectivity index (χ3v) is 4.39. The van der Waals surface area contributed by atoms with E-state index in [0.29, 0.717) is 17.9 Å². The van der Waals surface area contributed by atoms with Crippen molar-refractivity contribution in [2.45, 2.75) is 39.3 Å². The lowest BCUT2D eigenvalue weighted by atomic mass is 10.0. The summed E-state index contributed by atoms with van der Waals surface area (Å²) < 4.78 is 14.8. The second-order valence-corrected chi connectivity index (χ2v) is 6.56. The summed E-state index contributed by atoms with van der Waals surface area (Å²) in [6, 6.07) is 5.91. The van der Waals surface area contributed by atoms with Crippen molar-refractivity contribution < 1.29 is 38.2 Å². The second-order valence-electron chi connectivity index (χ2n) is 6.56. The van der Waals surface area contributed by atoms with Gasteiger partial charge in [0.15, 0.2) is 0 Å². The van der Waals surface area contributed by atoms with E-state index in [1.54, 1.807) is 19.9 Å². The van der Waals surface area contributed by atoms with Crippen molar-refractivity contribution in [3.63, 3.8) is 0 Å². The molecule has 0 saturated carbocycles. The van der Waals surface area contributed by atoms with Crippen LogP contribution in [0.25, 0.3) is 0 Å². The van der Waals surface area contributed by atoms with Crippen LogP contribution in [-0.2, 0) is 23.8 Å². The van der Waals surface area contributed by atoms with Gasteiger partial charge in [0.1, 0.15) is 0 Å². The Morgan fingerprint density at radius 2 is 1.68 bits per heavy atom. The first kappa shape index (κ1) is 23.6. The normalized spacial score (nSPS) is 16.9. The molecule has 1 aromatic carbocycles. The van der Waals surface area contributed by atoms with E-state index in [-0.39, 0.29) is 24.5 Å². The standard InChI is InChI=1S/C20H25N3O8/c1-5-11-30-18(27)21-23(19(28)31-12-6-2)20(17(26)29-4)16(25)14-9-7-8-10-15(14)22(20)13(3)24/h7-10H,5-6,11-12H2,1-4H3,(H,21,27)/t20-/m1/s1. The predicted molar refractivity (Wildman–Crippen MR) is 107 cm³/mol. The number of carbonyl (C=O) groups excluding carboxylic acids is 5. The summed E-state index contributed by atoms with van der Waals surface area (Å²) in [4.78, 5) is 65.2. The number of hydrazine groups is 1. The van der Waals surface area contributed by atoms with Crippen LogP contribution in [0.2, 0.25) is 0 Å². The lowest BCUT2D eigenvalue weighted by Crippen LogP contribution is -2.74. The number of ether oxygens (including phenoxy) is 3. The number of benzene rings is 1. The van der Waals surface area contributed by atoms with Gasteiger partial charge in [0.2, 0.25) is 11.7 Å². The molecule has 0 radical (unpaired) electrons. The van der Waals surface area contributed by atoms with Crippen molar-refractivity contribution >= 4 is 35.5 Å². The predicted octanol–water partition coefficient (Wildman–Crippen LogP) is 2.00. The topological polar surface area (TPSA) is 132 Å². The largest absolute Gasteiger partial charge is 0.465 e. The van der Waals surface area contributed by atoms with Crippen LogP contribution in [0.4, 0.5) is 15.3 Å². The van der Waals surface area contributed by atoms with Gasteiger partial charge in [-0.15, -0.1) is 0 Å². The van der Waals surface area contributed by atoms with Crippen LogP contribution in [0.15, 0.2) is 24.3 Å². The number of Topliss-reactive ketones (excluding diaryl/α,β-unsaturated/α-hetero) is 1. The molecule has 3 amide bonds. The summed E-state index contributed by atoms with van der Waals surface area (Å²) in [6.07, 6.45) is -1.45. The Balaban J connectivity index is 2.71. The van der Waals surface area contributed by atoms with E-state index in [0.717, 1.165) is 18.9 Å². The fourth-order valence-electron chi connectivity index (χ4n) is 3.17. The molecule has 0 unspecified atom stereocenters. The number of ketones is 1. The van der Waals surface area contributed by atoms with Crippen molar-refractivity contribution in [3.8, 4) is 0 Å². The molecule has 1 N–H and O–H groups in total. The molecule has 1 aromatic rings. The number of esters is 1. The maximum absolute atomic E-state index is 13.5. The highest BCUT2D eigenvalue weighted by atomic mass is 16.6. The van der Waals surface area contributed by atoms with Crippen LogP contribution in [0.1, 0.15) is 44.0 Å². The Bertz CT molecular complexity index is 887. The first-order valence-corrected chi connectivity index (χ1v) is 9.70. The van der Waals surface area contributed by atoms with E-state index < -0.39 is 35.5 Å². The fourth-order valence-corrected chi connectivity index (χ4v) is 3.17. The molecule has 0 spiro atoms. The van der Waals surface area contributed by atoms with Crippen molar-refractivity contribution in [2.24, 2.45) is 0 Å². The van der Waals surface area contributed by atoms with Gasteiger partial charge in [-0.25, -0.2) is 19.8 Å². The van der Waals surface area contributed by atoms with Crippen LogP contribution in [-0.4, -0.2) is 60.8 Å². The van der Waals surface area contributed by atoms with E-state index in [2.05, 4.69) is 5.43 Å². The zero-order valence-electron chi connectivity index (χ0n) is 17.8. The number of hydrogen-bond acceptors (Lipinski definition) is 8. The van der Waals surface area contributed by atoms with Crippen LogP contribution >= 0.6 is 0 Å². The maximum Gasteiger partial charge on any atom is 0.432 e. The van der Waals surface area contributed by atoms with Crippen molar-refractivity contribution in [2.75, 3.05) is 25.2 Å². The molecular weight excluding hydrogens is 410 g/mol. The fraction of sp³-hybridized carbons (Fsp3) is 0.450. The molecule has 0 saturated heterocycles. The number of rotatable bonds is 6. The van der Waals surface area contributed by atoms with Gasteiger partial charge in [-0.2, -0.15) is 5.01 Å². The first-order valence-electron chi connectivity index (χ1n) is 9.70. The molecule has 1 heterocycles. The lowest BCUT2D eigenvalue weighted by molar-refractivity contribution is -0.153. The first-order chi connectivity index (χ1) is 14.8. The summed E-state index contributed by atoms with van der Waals surface area (Å²) in [7, 11) is 0.990. The molecule has 0 fully saturated rings. The Morgan fingerprint density at radius 3 is 2.26 bits per heavy atom. The average Bonchev–Trinajstić information content (AvgIpc) is 3.03. The van der Waals surface area contributed by atoms with Gasteiger partial charge in [0, 0.05) is 12.5 Å². The van der Waals surface area contributed by atoms with E-state index in [9.17, 15) is 24.0 Å². The van der Waals surface area contributed by atoms with E-state index in [1.807, 2.05) is 0 Å². The zero-order chi connectivity index (χ0) is 23.2. The highest BCUT2D eigenvalue weighted by Gasteiger charge is 2.66. The quantitative estimate of drug-likeness (QED) is 0.311. The number of nitrogens with zero attached hydrogens (tertiary/aromatic N) is 2. The van der Waals surface area contributed by atoms with Gasteiger partial charge in [-0.1, -0.05) is 26.0 Å². The van der Waals surface area contributed by atoms with Crippen molar-refractivity contribution in [1.29, 1.82) is 0 Å². The Labute approximate surface area is 179 Å². The molecule has 0 bridgehead atoms. The molecule has 168 valence electrons. The molecule has 0 aliphatic carbocycles. The van der Waals surface area contributed by atoms with E-state index >= 15 is 0 Å². The molecule has 2 rings (SSSR count). The number of carbonyl (C=O) groups is 5. The Kier molecular flexibility index (Phi) is 7.56. The number of nitrogens with one attached hydrogen (secondary N) is 1. The highest BCUT2D eigenvalue weighted by molar-refractivity contribution is 6.30. The van der Waals surface area contributed by atoms with Gasteiger partial charge in [0.05, 0.1) is 26.0 Å². The summed E-state index contributed by atoms with van der Waals surface area (Å²) >= 11 is 0. The van der Waals surface area contributed by atoms with Crippen LogP contribution in [0.5, 0.6) is 0 Å². The number of para-hydroxylation sites is 1. The minimum Gasteiger partial charge on any atom is -0.465 e. The summed E-state index contributed by atoms with van der Waals surface area (Å²) in [6.45, 7) is 4.54. The zero-order valence-corrected chi connectivity index (χ0v) is 17.8. The Hall–Kier alpha value is -3.63. The third kappa shape index (κ3) is 4.16. The molecular formula is C20H25N3O8. The van der Waals surface area contributed by atoms with Crippen molar-refractivity contribution in [3.05, 3.63) is 29.8 Å². The SMILES string of the molecule is CCCOC(=O)NN(C(=O)OCCC)[C@@]1(C(=O)OC)C(=O)c2ccccc2N1C(C)=O. The molecule has 1 aliphatic heterocycles. The molecule has 31 heavy (non-hydrogen) atoms. The molecule has 11 nitrogen and oxygen atoms in total. The molecule has 0 aromatic heterocycles. The molecule has 1 atom stereocenters. The lowest BCUT2D eigenvalue weighted by Gasteiger charge is -2.40. The summed E-state index contributed by atoms with van der Waals surface area (Å²) in [5.74, 6) is -2.97. The number of fused-ring (bicyclic) bond motifs is 1. The monoisotopic (exact) mass is 435 g/mol. The van der Waals surface area contributed by atoms with E-state index in [4.69, 9.17) is 14.2 Å². The number of hydrogen-bond donors (Lipinski definition) is 1. The van der Waals surface area contributed by atoms with Crippen LogP contribution in [0, 0.1) is 0 Å². The van der Waals surface area contributed by atoms with Crippen LogP contribution in [0.3, 0.4) is 0 Å². The summed E-state index contributed by atoms with van der Waals surface area (Å²) in [5.41, 5.74) is -0.546. The van der Waals surface area contributed by atoms with Gasteiger partial charge >= 0.3 is 23.8 Å². The minimum absolute atomic E-state index is 0.0134. The van der Waals surface area contributed by atoms with Gasteiger partial charge in [0.25, 0.3) is 0 Å². The minimum atomic E-state index is -2.69. The molecule has 11 heteroatoms. The van der Waals surface area contributed by atoms with Gasteiger partial charge in [-0.05, 0) is 25.0 Å². The van der Waals surface area contributed by atoms with Crippen LogP contribution < -0.4 is 10.3 Å². The smallest absolute Gasteiger partial charge is 0.432 e. The maximum atomic E-state index is 13.5. The average molecular weight is 435 g/mol. The van der Waals surface area contributed by atoms with Gasteiger partial charge in [-0.3, -0.25) is 14.5 Å².